The average molecular weight is 816 g/mol. The van der Waals surface area contributed by atoms with Gasteiger partial charge in [-0.25, -0.2) is 0 Å². The van der Waals surface area contributed by atoms with Gasteiger partial charge in [0.2, 0.25) is 0 Å². The summed E-state index contributed by atoms with van der Waals surface area (Å²) in [5, 5.41) is 0. The Morgan fingerprint density at radius 3 is 0.258 bits per heavy atom. The molecule has 0 saturated heterocycles. The number of hydrogen-bond donors (Lipinski definition) is 0. The van der Waals surface area contributed by atoms with E-state index < -0.39 is 52.0 Å². The van der Waals surface area contributed by atoms with Crippen LogP contribution in [0.5, 0.6) is 0 Å². The minimum atomic E-state index is -5.17. The largest absolute Gasteiger partial charge is 2.00 e. The molecule has 0 aromatic heterocycles. The van der Waals surface area contributed by atoms with E-state index in [1.807, 2.05) is 0 Å². The Balaban J connectivity index is -0.0000000171. The fourth-order valence-electron chi connectivity index (χ4n) is 0. The third kappa shape index (κ3) is 7840. The molecule has 0 aromatic rings. The molecule has 0 aliphatic carbocycles. The molecular formula is H2Cu5O21S5. The molecule has 0 aromatic carbocycles. The molecule has 0 saturated carbocycles. The molecule has 31 heavy (non-hydrogen) atoms. The minimum Gasteiger partial charge on any atom is -0.759 e. The molecule has 0 unspecified atom stereocenters. The van der Waals surface area contributed by atoms with E-state index in [4.69, 9.17) is 87.6 Å². The maximum Gasteiger partial charge on any atom is 2.00 e. The quantitative estimate of drug-likeness (QED) is 0.124. The van der Waals surface area contributed by atoms with Crippen LogP contribution >= 0.6 is 0 Å². The van der Waals surface area contributed by atoms with Crippen LogP contribution < -0.4 is 0 Å². The minimum absolute atomic E-state index is 0. The van der Waals surface area contributed by atoms with E-state index in [-0.39, 0.29) is 90.8 Å². The van der Waals surface area contributed by atoms with Crippen molar-refractivity contribution in [3.63, 3.8) is 0 Å². The zero-order valence-corrected chi connectivity index (χ0v) is 21.0. The molecule has 0 aliphatic heterocycles. The fraction of sp³-hybridized carbons (Fsp3) is 0. The van der Waals surface area contributed by atoms with E-state index in [2.05, 4.69) is 0 Å². The van der Waals surface area contributed by atoms with Crippen LogP contribution in [0.4, 0.5) is 0 Å². The predicted octanol–water partition coefficient (Wildman–Crippen LogP) is -7.53. The van der Waals surface area contributed by atoms with Crippen LogP contribution in [-0.4, -0.2) is 93.1 Å². The second-order valence-electron chi connectivity index (χ2n) is 2.04. The van der Waals surface area contributed by atoms with Crippen molar-refractivity contribution in [1.29, 1.82) is 0 Å². The molecule has 0 spiro atoms. The van der Waals surface area contributed by atoms with Gasteiger partial charge in [-0.15, -0.1) is 0 Å². The first-order valence-corrected chi connectivity index (χ1v) is 10.0. The van der Waals surface area contributed by atoms with Crippen molar-refractivity contribution in [3.05, 3.63) is 0 Å². The Kier molecular flexibility index (Phi) is 67.4. The smallest absolute Gasteiger partial charge is 0.759 e. The fourth-order valence-corrected chi connectivity index (χ4v) is 0. The van der Waals surface area contributed by atoms with E-state index in [0.29, 0.717) is 0 Å². The molecule has 0 rings (SSSR count). The SMILES string of the molecule is O.O=S(=O)([O-])[O-].O=S(=O)([O-])[O-].O=S(=O)([O-])[O-].O=S(=O)([O-])[O-].O=S(=O)([O-])[O-].[Cu+2].[Cu+2].[Cu+2].[Cu+2].[Cu+2]. The van der Waals surface area contributed by atoms with Gasteiger partial charge >= 0.3 is 85.3 Å². The van der Waals surface area contributed by atoms with E-state index in [1.165, 1.54) is 0 Å². The number of hydrogen-bond acceptors (Lipinski definition) is 20. The van der Waals surface area contributed by atoms with Crippen molar-refractivity contribution in [3.8, 4) is 0 Å². The first kappa shape index (κ1) is 69.8. The van der Waals surface area contributed by atoms with Gasteiger partial charge in [0.05, 0.1) is 0 Å². The molecule has 0 fully saturated rings. The number of rotatable bonds is 0. The summed E-state index contributed by atoms with van der Waals surface area (Å²) in [4.78, 5) is 0. The van der Waals surface area contributed by atoms with Gasteiger partial charge in [-0.3, -0.25) is 42.1 Å². The Hall–Kier alpha value is 1.91. The molecule has 0 amide bonds. The second-order valence-corrected chi connectivity index (χ2v) is 6.12. The first-order chi connectivity index (χ1) is 10.0. The van der Waals surface area contributed by atoms with Crippen LogP contribution in [0.15, 0.2) is 0 Å². The third-order valence-corrected chi connectivity index (χ3v) is 0. The molecule has 31 heteroatoms. The Bertz CT molecular complexity index is 628. The van der Waals surface area contributed by atoms with Gasteiger partial charge in [0.1, 0.15) is 0 Å². The Morgan fingerprint density at radius 2 is 0.258 bits per heavy atom. The van der Waals surface area contributed by atoms with Crippen molar-refractivity contribution in [2.45, 2.75) is 0 Å². The van der Waals surface area contributed by atoms with Crippen LogP contribution in [0.1, 0.15) is 0 Å². The third-order valence-electron chi connectivity index (χ3n) is 0. The predicted molar refractivity (Wildman–Crippen MR) is 56.0 cm³/mol. The van der Waals surface area contributed by atoms with Crippen molar-refractivity contribution in [2.24, 2.45) is 0 Å². The molecule has 2 N–H and O–H groups in total. The molecule has 5 radical (unpaired) electrons. The van der Waals surface area contributed by atoms with Gasteiger partial charge in [0.25, 0.3) is 0 Å². The molecule has 0 bridgehead atoms. The zero-order valence-electron chi connectivity index (χ0n) is 12.2. The van der Waals surface area contributed by atoms with Crippen LogP contribution in [0.25, 0.3) is 0 Å². The van der Waals surface area contributed by atoms with Gasteiger partial charge in [0.15, 0.2) is 0 Å². The average Bonchev–Trinajstić information content (AvgIpc) is 1.79. The Morgan fingerprint density at radius 1 is 0.258 bits per heavy atom. The molecule has 0 aliphatic rings. The van der Waals surface area contributed by atoms with Crippen molar-refractivity contribution in [2.75, 3.05) is 0 Å². The summed E-state index contributed by atoms with van der Waals surface area (Å²) in [7, 11) is -25.8. The maximum atomic E-state index is 8.52. The summed E-state index contributed by atoms with van der Waals surface area (Å²) in [5.74, 6) is 0. The van der Waals surface area contributed by atoms with Crippen LogP contribution in [0.2, 0.25) is 0 Å². The second kappa shape index (κ2) is 29.9. The van der Waals surface area contributed by atoms with Crippen molar-refractivity contribution >= 4 is 52.0 Å². The topological polar surface area (TPSA) is 433 Å². The summed E-state index contributed by atoms with van der Waals surface area (Å²) in [6.07, 6.45) is 0. The zero-order chi connectivity index (χ0) is 22.5. The standard InChI is InChI=1S/5Cu.5H2O4S.H2O/c;;;;;5*1-5(2,3)4;/h;;;;;5*(H2,1,2,3,4);1H2/q5*+2;;;;;;/p-10. The summed E-state index contributed by atoms with van der Waals surface area (Å²) in [5.41, 5.74) is 0. The summed E-state index contributed by atoms with van der Waals surface area (Å²) >= 11 is 0. The monoisotopic (exact) mass is 812 g/mol. The summed E-state index contributed by atoms with van der Waals surface area (Å²) < 4.78 is 170. The van der Waals surface area contributed by atoms with Gasteiger partial charge in [-0.05, 0) is 0 Å². The van der Waals surface area contributed by atoms with Crippen LogP contribution in [-0.2, 0) is 137 Å². The maximum absolute atomic E-state index is 8.52. The normalized spacial score (nSPS) is 9.35. The Labute approximate surface area is 228 Å². The molecule has 0 heterocycles. The van der Waals surface area contributed by atoms with Gasteiger partial charge in [-0.1, -0.05) is 0 Å². The molecular weight excluding hydrogens is 814 g/mol. The van der Waals surface area contributed by atoms with Gasteiger partial charge in [-0.2, -0.15) is 0 Å². The van der Waals surface area contributed by atoms with Gasteiger partial charge in [0, 0.05) is 52.0 Å². The molecule has 0 atom stereocenters. The van der Waals surface area contributed by atoms with Gasteiger partial charge < -0.3 is 51.0 Å². The van der Waals surface area contributed by atoms with E-state index in [9.17, 15) is 0 Å². The summed E-state index contributed by atoms with van der Waals surface area (Å²) in [6, 6.07) is 0. The van der Waals surface area contributed by atoms with Crippen LogP contribution in [0, 0.1) is 0 Å². The van der Waals surface area contributed by atoms with E-state index in [0.717, 1.165) is 0 Å². The molecule has 213 valence electrons. The van der Waals surface area contributed by atoms with Crippen molar-refractivity contribution < 1.29 is 178 Å². The van der Waals surface area contributed by atoms with Crippen LogP contribution in [0.3, 0.4) is 0 Å². The van der Waals surface area contributed by atoms with E-state index in [1.54, 1.807) is 0 Å². The molecule has 21 nitrogen and oxygen atoms in total. The van der Waals surface area contributed by atoms with E-state index >= 15 is 0 Å². The first-order valence-electron chi connectivity index (χ1n) is 3.33. The van der Waals surface area contributed by atoms with Crippen molar-refractivity contribution in [1.82, 2.24) is 0 Å². The summed E-state index contributed by atoms with van der Waals surface area (Å²) in [6.45, 7) is 0.